The molecule has 0 radical (unpaired) electrons. The summed E-state index contributed by atoms with van der Waals surface area (Å²) in [5.41, 5.74) is 0. The first-order valence-corrected chi connectivity index (χ1v) is 10.3. The van der Waals surface area contributed by atoms with E-state index in [1.165, 1.54) is 12.7 Å². The quantitative estimate of drug-likeness (QED) is 0.712. The van der Waals surface area contributed by atoms with Gasteiger partial charge in [-0.1, -0.05) is 0 Å². The highest BCUT2D eigenvalue weighted by Crippen LogP contribution is 2.16. The van der Waals surface area contributed by atoms with Crippen LogP contribution < -0.4 is 0 Å². The number of rotatable bonds is 5. The van der Waals surface area contributed by atoms with E-state index in [4.69, 9.17) is 0 Å². The molecule has 2 aliphatic heterocycles. The van der Waals surface area contributed by atoms with E-state index in [9.17, 15) is 13.2 Å². The number of piperazine rings is 1. The normalized spacial score (nSPS) is 25.4. The highest BCUT2D eigenvalue weighted by Gasteiger charge is 2.26. The molecule has 0 aromatic heterocycles. The Morgan fingerprint density at radius 2 is 1.68 bits per heavy atom. The number of hydrogen-bond acceptors (Lipinski definition) is 5. The standard InChI is InChI=1S/C15H29N3O3S/c1-14-5-3-4-6-18(14)15(19)13-17-9-7-16(8-10-17)11-12-22(2,20)21/h14H,3-13H2,1-2H3. The lowest BCUT2D eigenvalue weighted by Crippen LogP contribution is -2.52. The van der Waals surface area contributed by atoms with Gasteiger partial charge in [-0.3, -0.25) is 14.6 Å². The van der Waals surface area contributed by atoms with Crippen LogP contribution in [0.5, 0.6) is 0 Å². The van der Waals surface area contributed by atoms with E-state index >= 15 is 0 Å². The van der Waals surface area contributed by atoms with E-state index in [-0.39, 0.29) is 11.7 Å². The largest absolute Gasteiger partial charge is 0.339 e. The molecule has 0 aromatic rings. The van der Waals surface area contributed by atoms with Gasteiger partial charge in [0.15, 0.2) is 0 Å². The van der Waals surface area contributed by atoms with Crippen LogP contribution >= 0.6 is 0 Å². The summed E-state index contributed by atoms with van der Waals surface area (Å²) in [5, 5.41) is 0. The van der Waals surface area contributed by atoms with Gasteiger partial charge in [-0.15, -0.1) is 0 Å². The Hall–Kier alpha value is -0.660. The van der Waals surface area contributed by atoms with Gasteiger partial charge >= 0.3 is 0 Å². The third-order valence-corrected chi connectivity index (χ3v) is 5.65. The van der Waals surface area contributed by atoms with Crippen LogP contribution in [0.15, 0.2) is 0 Å². The fourth-order valence-electron chi connectivity index (χ4n) is 3.22. The minimum Gasteiger partial charge on any atom is -0.339 e. The van der Waals surface area contributed by atoms with Crippen molar-refractivity contribution in [3.8, 4) is 0 Å². The van der Waals surface area contributed by atoms with E-state index in [1.54, 1.807) is 0 Å². The Kier molecular flexibility index (Phi) is 6.23. The number of nitrogens with zero attached hydrogens (tertiary/aromatic N) is 3. The van der Waals surface area contributed by atoms with Gasteiger partial charge < -0.3 is 4.90 Å². The third-order valence-electron chi connectivity index (χ3n) is 4.73. The van der Waals surface area contributed by atoms with Gasteiger partial charge in [0, 0.05) is 51.6 Å². The number of carbonyl (C=O) groups is 1. The van der Waals surface area contributed by atoms with Crippen molar-refractivity contribution in [1.29, 1.82) is 0 Å². The van der Waals surface area contributed by atoms with Crippen LogP contribution in [0.4, 0.5) is 0 Å². The van der Waals surface area contributed by atoms with Crippen molar-refractivity contribution < 1.29 is 13.2 Å². The van der Waals surface area contributed by atoms with Gasteiger partial charge in [-0.05, 0) is 26.2 Å². The van der Waals surface area contributed by atoms with Crippen LogP contribution in [-0.2, 0) is 14.6 Å². The lowest BCUT2D eigenvalue weighted by Gasteiger charge is -2.38. The number of amides is 1. The molecule has 1 unspecified atom stereocenters. The molecule has 0 bridgehead atoms. The van der Waals surface area contributed by atoms with Gasteiger partial charge in [0.1, 0.15) is 9.84 Å². The van der Waals surface area contributed by atoms with Crippen molar-refractivity contribution in [3.05, 3.63) is 0 Å². The van der Waals surface area contributed by atoms with Crippen LogP contribution in [0.25, 0.3) is 0 Å². The highest BCUT2D eigenvalue weighted by atomic mass is 32.2. The van der Waals surface area contributed by atoms with Crippen LogP contribution in [0.1, 0.15) is 26.2 Å². The Morgan fingerprint density at radius 3 is 2.27 bits per heavy atom. The summed E-state index contributed by atoms with van der Waals surface area (Å²) in [6, 6.07) is 0.372. The highest BCUT2D eigenvalue weighted by molar-refractivity contribution is 7.90. The zero-order valence-electron chi connectivity index (χ0n) is 13.8. The Labute approximate surface area is 134 Å². The Bertz CT molecular complexity index is 472. The van der Waals surface area contributed by atoms with E-state index in [1.807, 2.05) is 4.90 Å². The summed E-state index contributed by atoms with van der Waals surface area (Å²) in [6.07, 6.45) is 4.74. The van der Waals surface area contributed by atoms with Crippen molar-refractivity contribution in [3.63, 3.8) is 0 Å². The molecule has 0 aromatic carbocycles. The molecular weight excluding hydrogens is 302 g/mol. The van der Waals surface area contributed by atoms with E-state index in [0.29, 0.717) is 19.1 Å². The van der Waals surface area contributed by atoms with Crippen molar-refractivity contribution in [1.82, 2.24) is 14.7 Å². The summed E-state index contributed by atoms with van der Waals surface area (Å²) < 4.78 is 22.4. The van der Waals surface area contributed by atoms with Crippen LogP contribution in [0.3, 0.4) is 0 Å². The molecule has 2 rings (SSSR count). The van der Waals surface area contributed by atoms with E-state index < -0.39 is 9.84 Å². The predicted octanol–water partition coefficient (Wildman–Crippen LogP) is 0.0496. The predicted molar refractivity (Wildman–Crippen MR) is 87.6 cm³/mol. The third kappa shape index (κ3) is 5.52. The SMILES string of the molecule is CC1CCCCN1C(=O)CN1CCN(CCS(C)(=O)=O)CC1. The minimum absolute atomic E-state index is 0.219. The molecule has 0 N–H and O–H groups in total. The molecule has 0 spiro atoms. The minimum atomic E-state index is -2.89. The van der Waals surface area contributed by atoms with Gasteiger partial charge in [-0.2, -0.15) is 0 Å². The number of sulfone groups is 1. The van der Waals surface area contributed by atoms with Crippen LogP contribution in [0, 0.1) is 0 Å². The van der Waals surface area contributed by atoms with Crippen molar-refractivity contribution >= 4 is 15.7 Å². The summed E-state index contributed by atoms with van der Waals surface area (Å²) >= 11 is 0. The summed E-state index contributed by atoms with van der Waals surface area (Å²) in [6.45, 7) is 7.52. The molecule has 6 nitrogen and oxygen atoms in total. The average molecular weight is 331 g/mol. The maximum absolute atomic E-state index is 12.4. The summed E-state index contributed by atoms with van der Waals surface area (Å²) in [7, 11) is -2.89. The maximum atomic E-state index is 12.4. The fourth-order valence-corrected chi connectivity index (χ4v) is 3.81. The Morgan fingerprint density at radius 1 is 1.05 bits per heavy atom. The molecule has 128 valence electrons. The molecule has 0 aliphatic carbocycles. The second-order valence-corrected chi connectivity index (χ2v) is 8.94. The Balaban J connectivity index is 1.71. The molecule has 2 aliphatic rings. The van der Waals surface area contributed by atoms with Crippen LogP contribution in [-0.4, -0.2) is 92.9 Å². The first kappa shape index (κ1) is 17.7. The second-order valence-electron chi connectivity index (χ2n) is 6.68. The first-order valence-electron chi connectivity index (χ1n) is 8.27. The number of hydrogen-bond donors (Lipinski definition) is 0. The molecule has 7 heteroatoms. The van der Waals surface area contributed by atoms with Crippen molar-refractivity contribution in [2.24, 2.45) is 0 Å². The molecule has 1 atom stereocenters. The zero-order valence-corrected chi connectivity index (χ0v) is 14.6. The number of likely N-dealkylation sites (tertiary alicyclic amines) is 1. The molecule has 2 saturated heterocycles. The van der Waals surface area contributed by atoms with Crippen LogP contribution in [0.2, 0.25) is 0 Å². The molecule has 0 saturated carbocycles. The smallest absolute Gasteiger partial charge is 0.236 e. The van der Waals surface area contributed by atoms with Gasteiger partial charge in [-0.25, -0.2) is 8.42 Å². The van der Waals surface area contributed by atoms with Gasteiger partial charge in [0.05, 0.1) is 12.3 Å². The summed E-state index contributed by atoms with van der Waals surface area (Å²) in [4.78, 5) is 18.8. The van der Waals surface area contributed by atoms with Gasteiger partial charge in [0.2, 0.25) is 5.91 Å². The van der Waals surface area contributed by atoms with E-state index in [0.717, 1.165) is 45.6 Å². The summed E-state index contributed by atoms with van der Waals surface area (Å²) in [5.74, 6) is 0.466. The monoisotopic (exact) mass is 331 g/mol. The molecule has 2 heterocycles. The topological polar surface area (TPSA) is 60.9 Å². The zero-order chi connectivity index (χ0) is 16.2. The maximum Gasteiger partial charge on any atom is 0.236 e. The number of carbonyl (C=O) groups excluding carboxylic acids is 1. The van der Waals surface area contributed by atoms with Crippen molar-refractivity contribution in [2.75, 3.05) is 57.8 Å². The average Bonchev–Trinajstić information content (AvgIpc) is 2.46. The second kappa shape index (κ2) is 7.75. The molecular formula is C15H29N3O3S. The molecule has 2 fully saturated rings. The molecule has 1 amide bonds. The van der Waals surface area contributed by atoms with Gasteiger partial charge in [0.25, 0.3) is 0 Å². The lowest BCUT2D eigenvalue weighted by molar-refractivity contribution is -0.136. The first-order chi connectivity index (χ1) is 10.3. The number of piperidine rings is 1. The van der Waals surface area contributed by atoms with Crippen molar-refractivity contribution in [2.45, 2.75) is 32.2 Å². The van der Waals surface area contributed by atoms with E-state index in [2.05, 4.69) is 16.7 Å². The molecule has 22 heavy (non-hydrogen) atoms. The fraction of sp³-hybridized carbons (Fsp3) is 0.933. The lowest BCUT2D eigenvalue weighted by atomic mass is 10.0.